The molecule has 5 nitrogen and oxygen atoms in total. The van der Waals surface area contributed by atoms with Gasteiger partial charge in [0.05, 0.1) is 4.92 Å². The fraction of sp³-hybridized carbons (Fsp3) is 0.333. The zero-order chi connectivity index (χ0) is 12.3. The molecule has 88 valence electrons. The van der Waals surface area contributed by atoms with Crippen molar-refractivity contribution in [2.24, 2.45) is 0 Å². The highest BCUT2D eigenvalue weighted by molar-refractivity contribution is 5.48. The maximum Gasteiger partial charge on any atom is 0.311 e. The third-order valence-electron chi connectivity index (χ3n) is 2.02. The van der Waals surface area contributed by atoms with Crippen molar-refractivity contribution >= 4 is 5.69 Å². The van der Waals surface area contributed by atoms with Crippen molar-refractivity contribution in [2.45, 2.75) is 12.3 Å². The number of aromatic hydroxyl groups is 1. The van der Waals surface area contributed by atoms with Gasteiger partial charge in [-0.05, 0) is 12.1 Å². The molecule has 7 heteroatoms. The summed E-state index contributed by atoms with van der Waals surface area (Å²) in [5.74, 6) is -4.03. The molecule has 2 N–H and O–H groups in total. The molecule has 0 radical (unpaired) electrons. The summed E-state index contributed by atoms with van der Waals surface area (Å²) in [6, 6.07) is 2.32. The highest BCUT2D eigenvalue weighted by Gasteiger charge is 2.32. The van der Waals surface area contributed by atoms with Gasteiger partial charge < -0.3 is 10.2 Å². The predicted molar refractivity (Wildman–Crippen MR) is 50.4 cm³/mol. The number of hydrogen-bond donors (Lipinski definition) is 2. The van der Waals surface area contributed by atoms with Crippen LogP contribution in [0.2, 0.25) is 0 Å². The van der Waals surface area contributed by atoms with Crippen LogP contribution in [-0.4, -0.2) is 21.7 Å². The molecule has 0 saturated heterocycles. The van der Waals surface area contributed by atoms with Crippen molar-refractivity contribution in [2.75, 3.05) is 6.61 Å². The number of nitro groups is 1. The Balaban J connectivity index is 3.17. The molecule has 0 bridgehead atoms. The molecule has 0 aliphatic heterocycles. The van der Waals surface area contributed by atoms with Crippen LogP contribution in [0.1, 0.15) is 12.0 Å². The molecule has 0 atom stereocenters. The second-order valence-electron chi connectivity index (χ2n) is 3.14. The van der Waals surface area contributed by atoms with Gasteiger partial charge in [0.2, 0.25) is 0 Å². The number of rotatable bonds is 4. The van der Waals surface area contributed by atoms with E-state index in [9.17, 15) is 18.9 Å². The van der Waals surface area contributed by atoms with E-state index in [1.165, 1.54) is 0 Å². The molecule has 0 saturated carbocycles. The van der Waals surface area contributed by atoms with Crippen molar-refractivity contribution in [3.63, 3.8) is 0 Å². The van der Waals surface area contributed by atoms with Gasteiger partial charge in [-0.3, -0.25) is 10.1 Å². The molecule has 0 aromatic heterocycles. The zero-order valence-electron chi connectivity index (χ0n) is 8.06. The number of hydrogen-bond acceptors (Lipinski definition) is 4. The molecule has 1 aromatic rings. The predicted octanol–water partition coefficient (Wildman–Crippen LogP) is 1.77. The molecule has 0 fully saturated rings. The number of alkyl halides is 2. The number of halogens is 2. The molecule has 0 spiro atoms. The van der Waals surface area contributed by atoms with Gasteiger partial charge in [0.15, 0.2) is 5.75 Å². The quantitative estimate of drug-likeness (QED) is 0.613. The van der Waals surface area contributed by atoms with E-state index in [0.29, 0.717) is 6.07 Å². The van der Waals surface area contributed by atoms with E-state index in [1.54, 1.807) is 0 Å². The molecule has 0 aliphatic rings. The van der Waals surface area contributed by atoms with E-state index in [2.05, 4.69) is 0 Å². The summed E-state index contributed by atoms with van der Waals surface area (Å²) < 4.78 is 26.5. The molecule has 1 rings (SSSR count). The normalized spacial score (nSPS) is 11.4. The second kappa shape index (κ2) is 4.40. The Hall–Kier alpha value is -1.76. The third-order valence-corrected chi connectivity index (χ3v) is 2.02. The standard InChI is InChI=1S/C9H9F2NO4/c10-9(11,3-4-13)6-1-2-8(14)7(5-6)12(15)16/h1-2,5,13-14H,3-4H2. The fourth-order valence-corrected chi connectivity index (χ4v) is 1.18. The summed E-state index contributed by atoms with van der Waals surface area (Å²) in [4.78, 5) is 9.46. The minimum atomic E-state index is -3.35. The SMILES string of the molecule is O=[N+]([O-])c1cc(C(F)(F)CCO)ccc1O. The Morgan fingerprint density at radius 3 is 2.56 bits per heavy atom. The molecule has 0 aliphatic carbocycles. The van der Waals surface area contributed by atoms with Crippen LogP contribution in [0.25, 0.3) is 0 Å². The number of nitro benzene ring substituents is 1. The van der Waals surface area contributed by atoms with Crippen molar-refractivity contribution in [1.82, 2.24) is 0 Å². The second-order valence-corrected chi connectivity index (χ2v) is 3.14. The average molecular weight is 233 g/mol. The zero-order valence-corrected chi connectivity index (χ0v) is 8.06. The molecule has 0 heterocycles. The Labute approximate surface area is 89.1 Å². The van der Waals surface area contributed by atoms with E-state index in [1.807, 2.05) is 0 Å². The van der Waals surface area contributed by atoms with Crippen LogP contribution in [-0.2, 0) is 5.92 Å². The first-order valence-electron chi connectivity index (χ1n) is 4.35. The number of aliphatic hydroxyl groups is 1. The van der Waals surface area contributed by atoms with Crippen molar-refractivity contribution in [3.8, 4) is 5.75 Å². The first kappa shape index (κ1) is 12.3. The lowest BCUT2D eigenvalue weighted by Gasteiger charge is -2.15. The first-order chi connectivity index (χ1) is 7.38. The number of benzene rings is 1. The molecule has 0 amide bonds. The van der Waals surface area contributed by atoms with Gasteiger partial charge in [0.1, 0.15) is 0 Å². The number of phenols is 1. The van der Waals surface area contributed by atoms with E-state index in [4.69, 9.17) is 10.2 Å². The van der Waals surface area contributed by atoms with Gasteiger partial charge in [0.25, 0.3) is 5.92 Å². The maximum atomic E-state index is 13.3. The van der Waals surface area contributed by atoms with E-state index in [-0.39, 0.29) is 0 Å². The summed E-state index contributed by atoms with van der Waals surface area (Å²) in [6.45, 7) is -0.734. The lowest BCUT2D eigenvalue weighted by molar-refractivity contribution is -0.386. The summed E-state index contributed by atoms with van der Waals surface area (Å²) in [7, 11) is 0. The van der Waals surface area contributed by atoms with Crippen LogP contribution in [0.5, 0.6) is 5.75 Å². The highest BCUT2D eigenvalue weighted by atomic mass is 19.3. The van der Waals surface area contributed by atoms with Crippen LogP contribution in [0.4, 0.5) is 14.5 Å². The summed E-state index contributed by atoms with van der Waals surface area (Å²) >= 11 is 0. The Kier molecular flexibility index (Phi) is 3.38. The van der Waals surface area contributed by atoms with Gasteiger partial charge in [0, 0.05) is 24.7 Å². The van der Waals surface area contributed by atoms with Crippen LogP contribution in [0.15, 0.2) is 18.2 Å². The third kappa shape index (κ3) is 2.43. The summed E-state index contributed by atoms with van der Waals surface area (Å²) in [6.07, 6.45) is -0.824. The van der Waals surface area contributed by atoms with E-state index < -0.39 is 40.9 Å². The van der Waals surface area contributed by atoms with Crippen LogP contribution in [0, 0.1) is 10.1 Å². The van der Waals surface area contributed by atoms with E-state index in [0.717, 1.165) is 12.1 Å². The molecule has 1 aromatic carbocycles. The molecular weight excluding hydrogens is 224 g/mol. The fourth-order valence-electron chi connectivity index (χ4n) is 1.18. The minimum absolute atomic E-state index is 0.602. The topological polar surface area (TPSA) is 83.6 Å². The van der Waals surface area contributed by atoms with Crippen LogP contribution in [0.3, 0.4) is 0 Å². The summed E-state index contributed by atoms with van der Waals surface area (Å²) in [5.41, 5.74) is -1.39. The van der Waals surface area contributed by atoms with Gasteiger partial charge in [-0.1, -0.05) is 0 Å². The smallest absolute Gasteiger partial charge is 0.311 e. The largest absolute Gasteiger partial charge is 0.502 e. The Morgan fingerprint density at radius 1 is 1.44 bits per heavy atom. The first-order valence-corrected chi connectivity index (χ1v) is 4.35. The van der Waals surface area contributed by atoms with Crippen LogP contribution < -0.4 is 0 Å². The minimum Gasteiger partial charge on any atom is -0.502 e. The van der Waals surface area contributed by atoms with Gasteiger partial charge >= 0.3 is 5.69 Å². The average Bonchev–Trinajstić information content (AvgIpc) is 2.17. The monoisotopic (exact) mass is 233 g/mol. The number of phenolic OH excluding ortho intramolecular Hbond substituents is 1. The summed E-state index contributed by atoms with van der Waals surface area (Å²) in [5, 5.41) is 27.9. The highest BCUT2D eigenvalue weighted by Crippen LogP contribution is 2.36. The van der Waals surface area contributed by atoms with Crippen molar-refractivity contribution in [3.05, 3.63) is 33.9 Å². The Bertz CT molecular complexity index is 408. The lowest BCUT2D eigenvalue weighted by atomic mass is 10.0. The van der Waals surface area contributed by atoms with Gasteiger partial charge in [-0.25, -0.2) is 8.78 Å². The van der Waals surface area contributed by atoms with E-state index >= 15 is 0 Å². The molecular formula is C9H9F2NO4. The van der Waals surface area contributed by atoms with Gasteiger partial charge in [-0.15, -0.1) is 0 Å². The van der Waals surface area contributed by atoms with Crippen LogP contribution >= 0.6 is 0 Å². The molecule has 16 heavy (non-hydrogen) atoms. The lowest BCUT2D eigenvalue weighted by Crippen LogP contribution is -2.15. The number of nitrogens with zero attached hydrogens (tertiary/aromatic N) is 1. The number of aliphatic hydroxyl groups excluding tert-OH is 1. The van der Waals surface area contributed by atoms with Crippen molar-refractivity contribution in [1.29, 1.82) is 0 Å². The Morgan fingerprint density at radius 2 is 2.06 bits per heavy atom. The maximum absolute atomic E-state index is 13.3. The van der Waals surface area contributed by atoms with Gasteiger partial charge in [-0.2, -0.15) is 0 Å². The van der Waals surface area contributed by atoms with Crippen molar-refractivity contribution < 1.29 is 23.9 Å². The molecule has 0 unspecified atom stereocenters.